The summed E-state index contributed by atoms with van der Waals surface area (Å²) in [6.07, 6.45) is 4.83. The van der Waals surface area contributed by atoms with E-state index in [0.29, 0.717) is 5.75 Å². The van der Waals surface area contributed by atoms with Gasteiger partial charge in [0, 0.05) is 5.56 Å². The molecule has 1 aliphatic carbocycles. The zero-order chi connectivity index (χ0) is 13.8. The monoisotopic (exact) mass is 258 g/mol. The van der Waals surface area contributed by atoms with E-state index in [1.54, 1.807) is 6.07 Å². The highest BCUT2D eigenvalue weighted by molar-refractivity contribution is 6.62. The molecule has 0 spiro atoms. The average Bonchev–Trinajstić information content (AvgIpc) is 2.84. The highest BCUT2D eigenvalue weighted by Crippen LogP contribution is 2.37. The molecule has 0 atom stereocenters. The summed E-state index contributed by atoms with van der Waals surface area (Å²) in [5.41, 5.74) is 2.35. The molecule has 1 fully saturated rings. The van der Waals surface area contributed by atoms with Crippen LogP contribution in [0.15, 0.2) is 18.2 Å². The summed E-state index contributed by atoms with van der Waals surface area (Å²) in [6.45, 7) is 8.19. The quantitative estimate of drug-likeness (QED) is 0.785. The number of rotatable bonds is 1. The largest absolute Gasteiger partial charge is 0.507 e. The topological polar surface area (TPSA) is 38.7 Å². The number of fused-ring (bicyclic) bond motifs is 1. The van der Waals surface area contributed by atoms with E-state index >= 15 is 0 Å². The summed E-state index contributed by atoms with van der Waals surface area (Å²) in [7, 11) is -0.362. The number of phenols is 1. The number of hydrogen-bond donors (Lipinski definition) is 1. The second-order valence-electron chi connectivity index (χ2n) is 6.26. The van der Waals surface area contributed by atoms with Gasteiger partial charge in [0.2, 0.25) is 0 Å². The number of benzene rings is 1. The van der Waals surface area contributed by atoms with Crippen LogP contribution in [0.2, 0.25) is 0 Å². The normalized spacial score (nSPS) is 22.8. The molecule has 4 heteroatoms. The molecule has 1 aromatic rings. The van der Waals surface area contributed by atoms with Crippen LogP contribution < -0.4 is 5.46 Å². The second-order valence-corrected chi connectivity index (χ2v) is 6.26. The molecule has 3 rings (SSSR count). The molecule has 0 unspecified atom stereocenters. The summed E-state index contributed by atoms with van der Waals surface area (Å²) in [5.74, 6) is 0.323. The van der Waals surface area contributed by atoms with Gasteiger partial charge in [0.05, 0.1) is 11.2 Å². The molecular weight excluding hydrogens is 239 g/mol. The lowest BCUT2D eigenvalue weighted by Crippen LogP contribution is -2.41. The highest BCUT2D eigenvalue weighted by atomic mass is 16.7. The Morgan fingerprint density at radius 3 is 2.37 bits per heavy atom. The van der Waals surface area contributed by atoms with Crippen LogP contribution in [-0.4, -0.2) is 23.4 Å². The molecule has 0 saturated carbocycles. The van der Waals surface area contributed by atoms with E-state index in [1.165, 1.54) is 0 Å². The number of hydrogen-bond acceptors (Lipinski definition) is 3. The Morgan fingerprint density at radius 1 is 1.11 bits per heavy atom. The van der Waals surface area contributed by atoms with Crippen molar-refractivity contribution in [2.75, 3.05) is 0 Å². The lowest BCUT2D eigenvalue weighted by molar-refractivity contribution is 0.00578. The van der Waals surface area contributed by atoms with Gasteiger partial charge in [-0.15, -0.1) is 0 Å². The van der Waals surface area contributed by atoms with Crippen LogP contribution in [0.4, 0.5) is 0 Å². The SMILES string of the molecule is CC1(C)OB(c2ccc(O)c3c2CC=C3)OC1(C)C. The van der Waals surface area contributed by atoms with Crippen molar-refractivity contribution in [3.05, 3.63) is 29.3 Å². The molecule has 1 saturated heterocycles. The molecule has 1 N–H and O–H groups in total. The molecule has 2 aliphatic rings. The molecule has 3 nitrogen and oxygen atoms in total. The first-order chi connectivity index (χ1) is 8.82. The van der Waals surface area contributed by atoms with Crippen molar-refractivity contribution >= 4 is 18.7 Å². The van der Waals surface area contributed by atoms with Gasteiger partial charge in [-0.2, -0.15) is 0 Å². The fraction of sp³-hybridized carbons (Fsp3) is 0.467. The number of allylic oxidation sites excluding steroid dienone is 1. The van der Waals surface area contributed by atoms with E-state index in [2.05, 4.69) is 6.08 Å². The Labute approximate surface area is 114 Å². The van der Waals surface area contributed by atoms with E-state index in [4.69, 9.17) is 9.31 Å². The molecule has 0 amide bonds. The zero-order valence-corrected chi connectivity index (χ0v) is 11.9. The third-order valence-electron chi connectivity index (χ3n) is 4.48. The first-order valence-corrected chi connectivity index (χ1v) is 6.69. The minimum atomic E-state index is -0.362. The van der Waals surface area contributed by atoms with Crippen molar-refractivity contribution in [3.63, 3.8) is 0 Å². The Bertz CT molecular complexity index is 545. The predicted octanol–water partition coefficient (Wildman–Crippen LogP) is 2.26. The Balaban J connectivity index is 2.01. The van der Waals surface area contributed by atoms with Gasteiger partial charge in [-0.05, 0) is 51.2 Å². The number of phenolic OH excluding ortho intramolecular Hbond substituents is 1. The van der Waals surface area contributed by atoms with Crippen LogP contribution in [0.25, 0.3) is 6.08 Å². The predicted molar refractivity (Wildman–Crippen MR) is 76.6 cm³/mol. The van der Waals surface area contributed by atoms with Crippen LogP contribution in [0.1, 0.15) is 38.8 Å². The summed E-state index contributed by atoms with van der Waals surface area (Å²) in [4.78, 5) is 0. The molecule has 0 aromatic heterocycles. The van der Waals surface area contributed by atoms with Gasteiger partial charge in [0.25, 0.3) is 0 Å². The Kier molecular flexibility index (Phi) is 2.60. The molecule has 100 valence electrons. The lowest BCUT2D eigenvalue weighted by Gasteiger charge is -2.32. The maximum absolute atomic E-state index is 9.87. The third-order valence-corrected chi connectivity index (χ3v) is 4.48. The van der Waals surface area contributed by atoms with E-state index in [0.717, 1.165) is 23.0 Å². The second kappa shape index (κ2) is 3.87. The van der Waals surface area contributed by atoms with Crippen molar-refractivity contribution in [1.29, 1.82) is 0 Å². The fourth-order valence-corrected chi connectivity index (χ4v) is 2.57. The van der Waals surface area contributed by atoms with Crippen LogP contribution in [0.3, 0.4) is 0 Å². The van der Waals surface area contributed by atoms with Crippen molar-refractivity contribution in [1.82, 2.24) is 0 Å². The van der Waals surface area contributed by atoms with Gasteiger partial charge < -0.3 is 14.4 Å². The maximum atomic E-state index is 9.87. The van der Waals surface area contributed by atoms with Crippen molar-refractivity contribution in [2.24, 2.45) is 0 Å². The first kappa shape index (κ1) is 12.8. The van der Waals surface area contributed by atoms with Gasteiger partial charge >= 0.3 is 7.12 Å². The Morgan fingerprint density at radius 2 is 1.74 bits per heavy atom. The maximum Gasteiger partial charge on any atom is 0.495 e. The molecule has 0 bridgehead atoms. The molecule has 1 heterocycles. The molecule has 1 aliphatic heterocycles. The smallest absolute Gasteiger partial charge is 0.495 e. The van der Waals surface area contributed by atoms with Crippen LogP contribution in [0.5, 0.6) is 5.75 Å². The van der Waals surface area contributed by atoms with Crippen molar-refractivity contribution in [3.8, 4) is 5.75 Å². The third kappa shape index (κ3) is 1.82. The van der Waals surface area contributed by atoms with Gasteiger partial charge in [0.15, 0.2) is 0 Å². The van der Waals surface area contributed by atoms with Crippen molar-refractivity contribution < 1.29 is 14.4 Å². The Hall–Kier alpha value is -1.26. The van der Waals surface area contributed by atoms with E-state index in [1.807, 2.05) is 39.8 Å². The molecular formula is C15H19BO3. The minimum absolute atomic E-state index is 0.323. The molecule has 19 heavy (non-hydrogen) atoms. The van der Waals surface area contributed by atoms with Gasteiger partial charge in [-0.25, -0.2) is 0 Å². The lowest BCUT2D eigenvalue weighted by atomic mass is 9.74. The summed E-state index contributed by atoms with van der Waals surface area (Å²) in [5, 5.41) is 9.87. The number of aromatic hydroxyl groups is 1. The van der Waals surface area contributed by atoms with E-state index in [-0.39, 0.29) is 18.3 Å². The highest BCUT2D eigenvalue weighted by Gasteiger charge is 2.52. The molecule has 0 radical (unpaired) electrons. The van der Waals surface area contributed by atoms with Gasteiger partial charge in [0.1, 0.15) is 5.75 Å². The van der Waals surface area contributed by atoms with Crippen molar-refractivity contribution in [2.45, 2.75) is 45.3 Å². The van der Waals surface area contributed by atoms with Crippen LogP contribution in [-0.2, 0) is 15.7 Å². The van der Waals surface area contributed by atoms with E-state index < -0.39 is 0 Å². The van der Waals surface area contributed by atoms with E-state index in [9.17, 15) is 5.11 Å². The summed E-state index contributed by atoms with van der Waals surface area (Å²) in [6, 6.07) is 3.62. The first-order valence-electron chi connectivity index (χ1n) is 6.69. The van der Waals surface area contributed by atoms with Gasteiger partial charge in [-0.3, -0.25) is 0 Å². The van der Waals surface area contributed by atoms with Crippen LogP contribution >= 0.6 is 0 Å². The minimum Gasteiger partial charge on any atom is -0.507 e. The zero-order valence-electron chi connectivity index (χ0n) is 11.9. The summed E-state index contributed by atoms with van der Waals surface area (Å²) < 4.78 is 12.2. The average molecular weight is 258 g/mol. The summed E-state index contributed by atoms with van der Waals surface area (Å²) >= 11 is 0. The fourth-order valence-electron chi connectivity index (χ4n) is 2.57. The molecule has 1 aromatic carbocycles. The standard InChI is InChI=1S/C15H19BO3/c1-14(2)15(3,4)19-16(18-14)12-8-9-13(17)11-7-5-6-10(11)12/h5,7-9,17H,6H2,1-4H3. The van der Waals surface area contributed by atoms with Crippen LogP contribution in [0, 0.1) is 0 Å². The van der Waals surface area contributed by atoms with Gasteiger partial charge in [-0.1, -0.05) is 18.2 Å².